The summed E-state index contributed by atoms with van der Waals surface area (Å²) >= 11 is 0. The van der Waals surface area contributed by atoms with Crippen LogP contribution in [0.3, 0.4) is 0 Å². The van der Waals surface area contributed by atoms with E-state index in [-0.39, 0.29) is 12.7 Å². The van der Waals surface area contributed by atoms with E-state index in [1.807, 2.05) is 19.6 Å². The van der Waals surface area contributed by atoms with E-state index in [4.69, 9.17) is 22.1 Å². The maximum atomic E-state index is 13.7. The van der Waals surface area contributed by atoms with Crippen molar-refractivity contribution >= 4 is 49.2 Å². The van der Waals surface area contributed by atoms with Crippen molar-refractivity contribution in [2.24, 2.45) is 0 Å². The van der Waals surface area contributed by atoms with Crippen LogP contribution in [-0.4, -0.2) is 78.1 Å². The van der Waals surface area contributed by atoms with Crippen molar-refractivity contribution < 1.29 is 26.7 Å². The Labute approximate surface area is 210 Å². The van der Waals surface area contributed by atoms with Crippen LogP contribution in [0.25, 0.3) is 0 Å². The van der Waals surface area contributed by atoms with Gasteiger partial charge in [0.15, 0.2) is 25.0 Å². The van der Waals surface area contributed by atoms with Gasteiger partial charge in [-0.25, -0.2) is 4.57 Å². The Morgan fingerprint density at radius 2 is 1.15 bits per heavy atom. The zero-order chi connectivity index (χ0) is 26.5. The molecule has 0 aromatic heterocycles. The van der Waals surface area contributed by atoms with Gasteiger partial charge in [0, 0.05) is 6.54 Å². The smallest absolute Gasteiger partial charge is 0.415 e. The Hall–Kier alpha value is 1.07. The summed E-state index contributed by atoms with van der Waals surface area (Å²) in [4.78, 5) is 0. The molecule has 0 aromatic carbocycles. The van der Waals surface area contributed by atoms with E-state index >= 15 is 0 Å². The normalized spacial score (nSPS) is 17.3. The largest absolute Gasteiger partial charge is 0.465 e. The number of phosphoric acid groups is 1. The van der Waals surface area contributed by atoms with Crippen LogP contribution in [0.4, 0.5) is 0 Å². The van der Waals surface area contributed by atoms with Crippen LogP contribution in [0.2, 0.25) is 98.2 Å². The molecule has 0 aliphatic carbocycles. The van der Waals surface area contributed by atoms with Gasteiger partial charge >= 0.3 is 7.82 Å². The van der Waals surface area contributed by atoms with Crippen molar-refractivity contribution in [2.45, 2.75) is 104 Å². The van der Waals surface area contributed by atoms with Crippen LogP contribution in [0.5, 0.6) is 0 Å². The first-order valence-corrected chi connectivity index (χ1v) is 30.6. The summed E-state index contributed by atoms with van der Waals surface area (Å²) < 4.78 is 46.5. The molecule has 7 nitrogen and oxygen atoms in total. The second kappa shape index (κ2) is 12.5. The third-order valence-corrected chi connectivity index (χ3v) is 18.0. The summed E-state index contributed by atoms with van der Waals surface area (Å²) in [6.07, 6.45) is -0.300. The minimum atomic E-state index is -3.73. The van der Waals surface area contributed by atoms with Gasteiger partial charge in [-0.2, -0.15) is 0 Å². The average Bonchev–Trinajstić information content (AvgIpc) is 2.48. The molecule has 0 aliphatic rings. The first-order chi connectivity index (χ1) is 14.3. The minimum Gasteiger partial charge on any atom is -0.415 e. The standard InChI is InChI=1S/C20H54NO6PSi5/c1-29(2,3)21(30(4,5)6)16-17-23-28(22,27-33(13,14)15)24-18-20(26-32(10,11)12)19-25-31(7,8)9/h20H,16-19H2,1-15H3. The van der Waals surface area contributed by atoms with Gasteiger partial charge in [-0.15, -0.1) is 0 Å². The summed E-state index contributed by atoms with van der Waals surface area (Å²) in [6, 6.07) is 0. The van der Waals surface area contributed by atoms with Gasteiger partial charge < -0.3 is 17.3 Å². The molecule has 0 spiro atoms. The Balaban J connectivity index is 5.43. The molecule has 0 fully saturated rings. The summed E-state index contributed by atoms with van der Waals surface area (Å²) in [6.45, 7) is 34.5. The first kappa shape index (κ1) is 34.1. The molecule has 2 atom stereocenters. The Morgan fingerprint density at radius 3 is 1.52 bits per heavy atom. The van der Waals surface area contributed by atoms with Gasteiger partial charge in [-0.05, 0) is 58.9 Å². The summed E-state index contributed by atoms with van der Waals surface area (Å²) in [7, 11) is -12.5. The second-order valence-electron chi connectivity index (χ2n) is 13.5. The molecule has 0 radical (unpaired) electrons. The molecule has 0 aromatic rings. The lowest BCUT2D eigenvalue weighted by atomic mass is 10.4. The molecule has 0 N–H and O–H groups in total. The lowest BCUT2D eigenvalue weighted by molar-refractivity contribution is 0.0530. The Morgan fingerprint density at radius 1 is 0.667 bits per heavy atom. The van der Waals surface area contributed by atoms with Crippen molar-refractivity contribution in [1.29, 1.82) is 0 Å². The van der Waals surface area contributed by atoms with E-state index in [2.05, 4.69) is 82.8 Å². The quantitative estimate of drug-likeness (QED) is 0.145. The molecule has 2 unspecified atom stereocenters. The molecule has 0 amide bonds. The number of phosphoric ester groups is 1. The molecule has 13 heteroatoms. The van der Waals surface area contributed by atoms with E-state index in [0.717, 1.165) is 6.54 Å². The fourth-order valence-electron chi connectivity index (χ4n) is 3.48. The van der Waals surface area contributed by atoms with Crippen LogP contribution in [-0.2, 0) is 26.7 Å². The van der Waals surface area contributed by atoms with Gasteiger partial charge in [0.2, 0.25) is 0 Å². The van der Waals surface area contributed by atoms with Crippen molar-refractivity contribution in [2.75, 3.05) is 26.4 Å². The predicted octanol–water partition coefficient (Wildman–Crippen LogP) is 7.02. The van der Waals surface area contributed by atoms with Gasteiger partial charge in [0.25, 0.3) is 0 Å². The fourth-order valence-corrected chi connectivity index (χ4v) is 18.7. The average molecular weight is 576 g/mol. The predicted molar refractivity (Wildman–Crippen MR) is 155 cm³/mol. The van der Waals surface area contributed by atoms with E-state index in [1.54, 1.807) is 0 Å². The maximum absolute atomic E-state index is 13.7. The molecule has 0 saturated carbocycles. The Bertz CT molecular complexity index is 621. The highest BCUT2D eigenvalue weighted by Crippen LogP contribution is 2.52. The van der Waals surface area contributed by atoms with E-state index in [1.165, 1.54) is 0 Å². The van der Waals surface area contributed by atoms with Crippen molar-refractivity contribution in [3.8, 4) is 0 Å². The molecule has 33 heavy (non-hydrogen) atoms. The molecule has 0 bridgehead atoms. The molecule has 0 rings (SSSR count). The van der Waals surface area contributed by atoms with Gasteiger partial charge in [0.05, 0.1) is 25.9 Å². The van der Waals surface area contributed by atoms with Crippen LogP contribution in [0.1, 0.15) is 0 Å². The monoisotopic (exact) mass is 575 g/mol. The third-order valence-electron chi connectivity index (χ3n) is 4.21. The summed E-state index contributed by atoms with van der Waals surface area (Å²) in [5, 5.41) is 0. The van der Waals surface area contributed by atoms with Crippen LogP contribution < -0.4 is 0 Å². The molecule has 200 valence electrons. The highest BCUT2D eigenvalue weighted by Gasteiger charge is 2.38. The molecule has 0 heterocycles. The number of nitrogens with zero attached hydrogens (tertiary/aromatic N) is 1. The number of rotatable bonds is 16. The van der Waals surface area contributed by atoms with Gasteiger partial charge in [-0.3, -0.25) is 9.05 Å². The second-order valence-corrected chi connectivity index (χ2v) is 39.1. The van der Waals surface area contributed by atoms with Crippen LogP contribution in [0, 0.1) is 0 Å². The topological polar surface area (TPSA) is 66.5 Å². The van der Waals surface area contributed by atoms with E-state index < -0.39 is 49.2 Å². The summed E-state index contributed by atoms with van der Waals surface area (Å²) in [5.74, 6) is 0. The Kier molecular flexibility index (Phi) is 13.0. The van der Waals surface area contributed by atoms with Gasteiger partial charge in [-0.1, -0.05) is 39.3 Å². The van der Waals surface area contributed by atoms with Crippen molar-refractivity contribution in [3.63, 3.8) is 0 Å². The maximum Gasteiger partial charge on any atom is 0.465 e. The minimum absolute atomic E-state index is 0.127. The number of hydrogen-bond acceptors (Lipinski definition) is 7. The van der Waals surface area contributed by atoms with E-state index in [9.17, 15) is 4.57 Å². The van der Waals surface area contributed by atoms with Crippen LogP contribution in [0.15, 0.2) is 0 Å². The fraction of sp³-hybridized carbons (Fsp3) is 1.00. The van der Waals surface area contributed by atoms with Crippen LogP contribution >= 0.6 is 7.82 Å². The van der Waals surface area contributed by atoms with Gasteiger partial charge in [0.1, 0.15) is 16.5 Å². The molecular weight excluding hydrogens is 522 g/mol. The zero-order valence-corrected chi connectivity index (χ0v) is 30.1. The SMILES string of the molecule is C[Si](C)(C)OCC(COP(=O)(OCCN([Si](C)(C)C)[Si](C)(C)C)O[Si](C)(C)C)O[Si](C)(C)C. The molecule has 0 saturated heterocycles. The third kappa shape index (κ3) is 17.2. The van der Waals surface area contributed by atoms with E-state index in [0.29, 0.717) is 13.2 Å². The summed E-state index contributed by atoms with van der Waals surface area (Å²) in [5.41, 5.74) is 0. The number of hydrogen-bond donors (Lipinski definition) is 0. The highest BCUT2D eigenvalue weighted by molar-refractivity contribution is 7.50. The first-order valence-electron chi connectivity index (χ1n) is 12.0. The lowest BCUT2D eigenvalue weighted by Gasteiger charge is -2.43. The molecular formula is C20H54NO6PSi5. The highest BCUT2D eigenvalue weighted by atomic mass is 31.2. The van der Waals surface area contributed by atoms with Crippen molar-refractivity contribution in [3.05, 3.63) is 0 Å². The van der Waals surface area contributed by atoms with Crippen molar-refractivity contribution in [1.82, 2.24) is 4.23 Å². The zero-order valence-electron chi connectivity index (χ0n) is 24.2. The molecule has 0 aliphatic heterocycles. The lowest BCUT2D eigenvalue weighted by Crippen LogP contribution is -2.59.